The minimum Gasteiger partial charge on any atom is -0.404 e. The van der Waals surface area contributed by atoms with Gasteiger partial charge in [-0.05, 0) is 30.7 Å². The Balaban J connectivity index is 1.70. The molecular formula is C23H25N5O4. The summed E-state index contributed by atoms with van der Waals surface area (Å²) in [6, 6.07) is 10.5. The zero-order valence-electron chi connectivity index (χ0n) is 18.0. The number of fused-ring (bicyclic) bond motifs is 1. The van der Waals surface area contributed by atoms with Crippen molar-refractivity contribution in [3.05, 3.63) is 54.4 Å². The molecule has 1 aromatic carbocycles. The molecule has 166 valence electrons. The maximum atomic E-state index is 13.0. The molecule has 1 aromatic heterocycles. The van der Waals surface area contributed by atoms with Gasteiger partial charge in [-0.2, -0.15) is 0 Å². The van der Waals surface area contributed by atoms with Crippen LogP contribution in [0.3, 0.4) is 0 Å². The predicted octanol–water partition coefficient (Wildman–Crippen LogP) is 2.61. The van der Waals surface area contributed by atoms with E-state index in [0.29, 0.717) is 30.2 Å². The van der Waals surface area contributed by atoms with Crippen LogP contribution in [0.15, 0.2) is 53.8 Å². The van der Waals surface area contributed by atoms with Crippen molar-refractivity contribution in [3.63, 3.8) is 0 Å². The number of carbonyl (C=O) groups excluding carboxylic acids is 2. The minimum absolute atomic E-state index is 0.106. The Labute approximate surface area is 186 Å². The Kier molecular flexibility index (Phi) is 6.18. The van der Waals surface area contributed by atoms with E-state index >= 15 is 0 Å². The highest BCUT2D eigenvalue weighted by Crippen LogP contribution is 2.38. The van der Waals surface area contributed by atoms with Gasteiger partial charge in [-0.3, -0.25) is 14.7 Å². The van der Waals surface area contributed by atoms with Crippen molar-refractivity contribution >= 4 is 35.2 Å². The molecule has 32 heavy (non-hydrogen) atoms. The SMILES string of the molecule is CC(=O)N1c2ccc(C(C=NC3COC3)=CN)cc2N(C(=O)Oc2ccccn2)CC1C. The summed E-state index contributed by atoms with van der Waals surface area (Å²) in [6.07, 6.45) is 4.15. The van der Waals surface area contributed by atoms with Crippen LogP contribution >= 0.6 is 0 Å². The van der Waals surface area contributed by atoms with Gasteiger partial charge in [0.25, 0.3) is 0 Å². The normalized spacial score (nSPS) is 18.9. The van der Waals surface area contributed by atoms with Crippen molar-refractivity contribution in [1.82, 2.24) is 4.98 Å². The number of pyridine rings is 1. The van der Waals surface area contributed by atoms with Gasteiger partial charge < -0.3 is 20.1 Å². The Morgan fingerprint density at radius 2 is 2.06 bits per heavy atom. The second-order valence-electron chi connectivity index (χ2n) is 7.68. The van der Waals surface area contributed by atoms with Crippen molar-refractivity contribution in [1.29, 1.82) is 0 Å². The standard InChI is InChI=1S/C23H25N5O4/c1-15-12-27(23(30)32-22-5-3-4-8-25-22)21-9-17(6-7-20(21)28(15)16(2)29)18(10-24)11-26-19-13-31-14-19/h3-11,15,19H,12-14,24H2,1-2H3. The summed E-state index contributed by atoms with van der Waals surface area (Å²) in [4.78, 5) is 37.1. The highest BCUT2D eigenvalue weighted by Gasteiger charge is 2.35. The molecule has 0 saturated carbocycles. The van der Waals surface area contributed by atoms with E-state index in [1.165, 1.54) is 18.0 Å². The molecule has 2 aliphatic rings. The second-order valence-corrected chi connectivity index (χ2v) is 7.68. The molecule has 1 unspecified atom stereocenters. The number of nitrogens with two attached hydrogens (primary N) is 1. The van der Waals surface area contributed by atoms with Gasteiger partial charge in [0.1, 0.15) is 0 Å². The Morgan fingerprint density at radius 3 is 2.69 bits per heavy atom. The molecule has 2 amide bonds. The van der Waals surface area contributed by atoms with Gasteiger partial charge in [0, 0.05) is 43.7 Å². The number of ether oxygens (including phenoxy) is 2. The Hall–Kier alpha value is -3.72. The largest absolute Gasteiger partial charge is 0.421 e. The number of allylic oxidation sites excluding steroid dienone is 1. The van der Waals surface area contributed by atoms with E-state index in [-0.39, 0.29) is 30.4 Å². The summed E-state index contributed by atoms with van der Waals surface area (Å²) < 4.78 is 10.6. The number of amides is 2. The monoisotopic (exact) mass is 435 g/mol. The summed E-state index contributed by atoms with van der Waals surface area (Å²) in [5.41, 5.74) is 8.50. The first-order valence-corrected chi connectivity index (χ1v) is 10.4. The minimum atomic E-state index is -0.573. The van der Waals surface area contributed by atoms with Gasteiger partial charge in [-0.1, -0.05) is 12.1 Å². The predicted molar refractivity (Wildman–Crippen MR) is 122 cm³/mol. The number of benzene rings is 1. The third kappa shape index (κ3) is 4.33. The van der Waals surface area contributed by atoms with Crippen LogP contribution in [0.4, 0.5) is 16.2 Å². The zero-order valence-corrected chi connectivity index (χ0v) is 18.0. The van der Waals surface area contributed by atoms with E-state index in [1.807, 2.05) is 25.1 Å². The molecule has 2 aromatic rings. The van der Waals surface area contributed by atoms with Crippen LogP contribution in [0.25, 0.3) is 5.57 Å². The average molecular weight is 435 g/mol. The summed E-state index contributed by atoms with van der Waals surface area (Å²) in [5, 5.41) is 0. The van der Waals surface area contributed by atoms with E-state index < -0.39 is 6.09 Å². The fourth-order valence-electron chi connectivity index (χ4n) is 3.72. The topological polar surface area (TPSA) is 110 Å². The molecule has 1 fully saturated rings. The zero-order chi connectivity index (χ0) is 22.7. The number of hydrogen-bond acceptors (Lipinski definition) is 7. The summed E-state index contributed by atoms with van der Waals surface area (Å²) in [5.74, 6) is 0.0969. The van der Waals surface area contributed by atoms with E-state index in [0.717, 1.165) is 5.56 Å². The molecule has 0 radical (unpaired) electrons. The fraction of sp³-hybridized carbons (Fsp3) is 0.304. The lowest BCUT2D eigenvalue weighted by Crippen LogP contribution is -2.52. The lowest BCUT2D eigenvalue weighted by molar-refractivity contribution is -0.117. The number of aromatic nitrogens is 1. The average Bonchev–Trinajstić information content (AvgIpc) is 2.75. The van der Waals surface area contributed by atoms with Crippen LogP contribution in [0.2, 0.25) is 0 Å². The van der Waals surface area contributed by atoms with Crippen molar-refractivity contribution in [2.75, 3.05) is 29.6 Å². The number of nitrogens with zero attached hydrogens (tertiary/aromatic N) is 4. The van der Waals surface area contributed by atoms with Gasteiger partial charge in [-0.15, -0.1) is 0 Å². The molecule has 4 rings (SSSR count). The van der Waals surface area contributed by atoms with E-state index in [9.17, 15) is 9.59 Å². The first kappa shape index (κ1) is 21.5. The van der Waals surface area contributed by atoms with Crippen LogP contribution in [0, 0.1) is 0 Å². The van der Waals surface area contributed by atoms with Gasteiger partial charge >= 0.3 is 6.09 Å². The number of anilines is 2. The van der Waals surface area contributed by atoms with Crippen LogP contribution in [-0.2, 0) is 9.53 Å². The van der Waals surface area contributed by atoms with Crippen molar-refractivity contribution in [3.8, 4) is 5.88 Å². The third-order valence-electron chi connectivity index (χ3n) is 5.36. The summed E-state index contributed by atoms with van der Waals surface area (Å²) in [6.45, 7) is 4.86. The van der Waals surface area contributed by atoms with Crippen molar-refractivity contribution < 1.29 is 19.1 Å². The molecule has 0 spiro atoms. The van der Waals surface area contributed by atoms with Crippen LogP contribution in [-0.4, -0.2) is 55.0 Å². The van der Waals surface area contributed by atoms with Gasteiger partial charge in [0.15, 0.2) is 0 Å². The Bertz CT molecular complexity index is 1070. The molecule has 1 saturated heterocycles. The summed E-state index contributed by atoms with van der Waals surface area (Å²) >= 11 is 0. The maximum Gasteiger partial charge on any atom is 0.421 e. The first-order valence-electron chi connectivity index (χ1n) is 10.4. The van der Waals surface area contributed by atoms with Gasteiger partial charge in [0.2, 0.25) is 11.8 Å². The lowest BCUT2D eigenvalue weighted by Gasteiger charge is -2.40. The molecule has 2 aliphatic heterocycles. The fourth-order valence-corrected chi connectivity index (χ4v) is 3.72. The van der Waals surface area contributed by atoms with E-state index in [4.69, 9.17) is 15.2 Å². The molecule has 2 N–H and O–H groups in total. The maximum absolute atomic E-state index is 13.0. The number of carbonyl (C=O) groups is 2. The molecule has 9 nitrogen and oxygen atoms in total. The Morgan fingerprint density at radius 1 is 1.25 bits per heavy atom. The molecular weight excluding hydrogens is 410 g/mol. The van der Waals surface area contributed by atoms with Gasteiger partial charge in [-0.25, -0.2) is 9.78 Å². The summed E-state index contributed by atoms with van der Waals surface area (Å²) in [7, 11) is 0. The van der Waals surface area contributed by atoms with Crippen LogP contribution in [0.5, 0.6) is 5.88 Å². The van der Waals surface area contributed by atoms with Gasteiger partial charge in [0.05, 0.1) is 36.7 Å². The molecule has 9 heteroatoms. The molecule has 0 bridgehead atoms. The highest BCUT2D eigenvalue weighted by molar-refractivity contribution is 6.11. The van der Waals surface area contributed by atoms with E-state index in [1.54, 1.807) is 35.5 Å². The van der Waals surface area contributed by atoms with Crippen molar-refractivity contribution in [2.24, 2.45) is 10.7 Å². The molecule has 3 heterocycles. The number of aliphatic imine (C=N–C) groups is 1. The third-order valence-corrected chi connectivity index (χ3v) is 5.36. The second kappa shape index (κ2) is 9.19. The van der Waals surface area contributed by atoms with Crippen LogP contribution < -0.4 is 20.3 Å². The first-order chi connectivity index (χ1) is 15.5. The quantitative estimate of drug-likeness (QED) is 0.739. The number of hydrogen-bond donors (Lipinski definition) is 1. The number of rotatable bonds is 4. The highest BCUT2D eigenvalue weighted by atomic mass is 16.6. The van der Waals surface area contributed by atoms with Crippen molar-refractivity contribution in [2.45, 2.75) is 25.9 Å². The smallest absolute Gasteiger partial charge is 0.404 e. The molecule has 1 atom stereocenters. The van der Waals surface area contributed by atoms with E-state index in [2.05, 4.69) is 9.98 Å². The molecule has 0 aliphatic carbocycles. The van der Waals surface area contributed by atoms with Crippen LogP contribution in [0.1, 0.15) is 19.4 Å². The lowest BCUT2D eigenvalue weighted by atomic mass is 10.0.